The van der Waals surface area contributed by atoms with Gasteiger partial charge >= 0.3 is 0 Å². The van der Waals surface area contributed by atoms with E-state index in [9.17, 15) is 26.4 Å². The molecule has 1 saturated heterocycles. The van der Waals surface area contributed by atoms with Crippen LogP contribution < -0.4 is 5.32 Å². The van der Waals surface area contributed by atoms with Crippen molar-refractivity contribution in [1.29, 1.82) is 5.41 Å². The van der Waals surface area contributed by atoms with Crippen molar-refractivity contribution in [1.82, 2.24) is 9.62 Å². The van der Waals surface area contributed by atoms with Gasteiger partial charge in [-0.3, -0.25) is 10.2 Å². The van der Waals surface area contributed by atoms with Crippen LogP contribution in [0.3, 0.4) is 0 Å². The minimum atomic E-state index is -4.31. The summed E-state index contributed by atoms with van der Waals surface area (Å²) in [4.78, 5) is 12.3. The number of sulfonamides is 1. The van der Waals surface area contributed by atoms with E-state index in [1.165, 1.54) is 19.1 Å². The maximum absolute atomic E-state index is 14.8. The van der Waals surface area contributed by atoms with Gasteiger partial charge in [0.25, 0.3) is 0 Å². The molecule has 2 atom stereocenters. The Morgan fingerprint density at radius 2 is 1.81 bits per heavy atom. The molecule has 0 spiro atoms. The van der Waals surface area contributed by atoms with Gasteiger partial charge in [0, 0.05) is 24.6 Å². The van der Waals surface area contributed by atoms with E-state index < -0.39 is 44.2 Å². The summed E-state index contributed by atoms with van der Waals surface area (Å²) in [5.41, 5.74) is -2.10. The molecule has 1 aliphatic heterocycles. The lowest BCUT2D eigenvalue weighted by Crippen LogP contribution is -2.62. The number of rotatable bonds is 4. The van der Waals surface area contributed by atoms with Crippen molar-refractivity contribution in [2.45, 2.75) is 30.6 Å². The standard InChI is InChI=1S/C21H20F3N3O3S/c1-21(15-8-6-13(22)10-17(15)24)19(31(29,30)27(2)20(25)26-21)12-5-7-14(16(23)9-12)18(28)11-3-4-11/h5-11,19H,3-4H2,1-2H3,(H2,25,26)/t19-,21-/m1/s1. The van der Waals surface area contributed by atoms with Crippen LogP contribution in [0, 0.1) is 28.8 Å². The van der Waals surface area contributed by atoms with Crippen molar-refractivity contribution in [3.05, 3.63) is 70.5 Å². The second kappa shape index (κ2) is 7.08. The molecule has 6 nitrogen and oxygen atoms in total. The van der Waals surface area contributed by atoms with Crippen LogP contribution in [0.25, 0.3) is 0 Å². The number of halogens is 3. The van der Waals surface area contributed by atoms with E-state index in [1.54, 1.807) is 0 Å². The Hall–Kier alpha value is -2.88. The Kier molecular flexibility index (Phi) is 4.88. The first kappa shape index (κ1) is 21.4. The molecule has 10 heteroatoms. The highest BCUT2D eigenvalue weighted by atomic mass is 32.2. The van der Waals surface area contributed by atoms with Crippen molar-refractivity contribution < 1.29 is 26.4 Å². The normalized spacial score (nSPS) is 25.3. The van der Waals surface area contributed by atoms with Gasteiger partial charge in [-0.15, -0.1) is 0 Å². The first-order valence-corrected chi connectivity index (χ1v) is 11.1. The van der Waals surface area contributed by atoms with Crippen LogP contribution in [0.1, 0.15) is 46.5 Å². The molecule has 0 aromatic heterocycles. The third-order valence-corrected chi connectivity index (χ3v) is 8.18. The molecule has 2 aliphatic rings. The minimum Gasteiger partial charge on any atom is -0.345 e. The largest absolute Gasteiger partial charge is 0.345 e. The first-order chi connectivity index (χ1) is 14.5. The van der Waals surface area contributed by atoms with Crippen LogP contribution in [0.4, 0.5) is 13.2 Å². The lowest BCUT2D eigenvalue weighted by atomic mass is 9.84. The number of guanidine groups is 1. The fourth-order valence-corrected chi connectivity index (χ4v) is 5.95. The molecule has 1 aliphatic carbocycles. The zero-order valence-corrected chi connectivity index (χ0v) is 17.6. The average molecular weight is 451 g/mol. The van der Waals surface area contributed by atoms with Crippen molar-refractivity contribution in [2.75, 3.05) is 7.05 Å². The molecule has 0 radical (unpaired) electrons. The van der Waals surface area contributed by atoms with Crippen LogP contribution in [-0.4, -0.2) is 31.5 Å². The number of carbonyl (C=O) groups is 1. The Bertz CT molecular complexity index is 1210. The van der Waals surface area contributed by atoms with Gasteiger partial charge in [-0.1, -0.05) is 12.1 Å². The van der Waals surface area contributed by atoms with E-state index in [1.807, 2.05) is 0 Å². The fourth-order valence-electron chi connectivity index (χ4n) is 4.06. The summed E-state index contributed by atoms with van der Waals surface area (Å²) in [5.74, 6) is -3.78. The maximum Gasteiger partial charge on any atom is 0.246 e. The summed E-state index contributed by atoms with van der Waals surface area (Å²) in [6, 6.07) is 6.22. The molecular weight excluding hydrogens is 431 g/mol. The third-order valence-electron chi connectivity index (χ3n) is 5.90. The van der Waals surface area contributed by atoms with Crippen molar-refractivity contribution in [2.24, 2.45) is 5.92 Å². The smallest absolute Gasteiger partial charge is 0.246 e. The number of carbonyl (C=O) groups excluding carboxylic acids is 1. The van der Waals surface area contributed by atoms with Gasteiger partial charge in [0.15, 0.2) is 5.78 Å². The predicted octanol–water partition coefficient (Wildman–Crippen LogP) is 3.45. The summed E-state index contributed by atoms with van der Waals surface area (Å²) in [5, 5.41) is 9.16. The van der Waals surface area contributed by atoms with Gasteiger partial charge in [0.1, 0.15) is 22.7 Å². The lowest BCUT2D eigenvalue weighted by molar-refractivity contribution is 0.0963. The molecule has 4 rings (SSSR count). The zero-order valence-electron chi connectivity index (χ0n) is 16.7. The molecule has 164 valence electrons. The van der Waals surface area contributed by atoms with Crippen molar-refractivity contribution >= 4 is 21.8 Å². The van der Waals surface area contributed by atoms with Gasteiger partial charge in [0.2, 0.25) is 16.0 Å². The van der Waals surface area contributed by atoms with Gasteiger partial charge in [0.05, 0.1) is 11.1 Å². The average Bonchev–Trinajstić information content (AvgIpc) is 3.51. The highest BCUT2D eigenvalue weighted by molar-refractivity contribution is 7.90. The molecular formula is C21H20F3N3O3S. The highest BCUT2D eigenvalue weighted by Crippen LogP contribution is 2.46. The van der Waals surface area contributed by atoms with Gasteiger partial charge in [-0.05, 0) is 43.5 Å². The Morgan fingerprint density at radius 3 is 2.39 bits per heavy atom. The Morgan fingerprint density at radius 1 is 1.13 bits per heavy atom. The van der Waals surface area contributed by atoms with Crippen LogP contribution >= 0.6 is 0 Å². The maximum atomic E-state index is 14.8. The van der Waals surface area contributed by atoms with E-state index in [-0.39, 0.29) is 28.4 Å². The number of Topliss-reactive ketones (excluding diaryl/α,β-unsaturated/α-hetero) is 1. The number of hydrogen-bond donors (Lipinski definition) is 2. The van der Waals surface area contributed by atoms with E-state index in [0.29, 0.717) is 23.2 Å². The first-order valence-electron chi connectivity index (χ1n) is 9.60. The molecule has 1 saturated carbocycles. The van der Waals surface area contributed by atoms with Crippen molar-refractivity contribution in [3.63, 3.8) is 0 Å². The fraction of sp³-hybridized carbons (Fsp3) is 0.333. The van der Waals surface area contributed by atoms with Gasteiger partial charge in [-0.25, -0.2) is 25.9 Å². The summed E-state index contributed by atoms with van der Waals surface area (Å²) in [6.07, 6.45) is 1.38. The Balaban J connectivity index is 1.89. The van der Waals surface area contributed by atoms with Crippen LogP contribution in [-0.2, 0) is 15.6 Å². The number of benzene rings is 2. The molecule has 1 heterocycles. The summed E-state index contributed by atoms with van der Waals surface area (Å²) < 4.78 is 70.3. The second-order valence-electron chi connectivity index (χ2n) is 8.07. The number of ketones is 1. The second-order valence-corrected chi connectivity index (χ2v) is 10.1. The van der Waals surface area contributed by atoms with E-state index >= 15 is 0 Å². The minimum absolute atomic E-state index is 0.0251. The van der Waals surface area contributed by atoms with Crippen LogP contribution in [0.5, 0.6) is 0 Å². The summed E-state index contributed by atoms with van der Waals surface area (Å²) in [6.45, 7) is 1.36. The SMILES string of the molecule is CN1C(=N)N[C@](C)(c2ccc(F)cc2F)[C@@H](c2ccc(C(=O)C3CC3)c(F)c2)S1(=O)=O. The van der Waals surface area contributed by atoms with E-state index in [4.69, 9.17) is 5.41 Å². The summed E-state index contributed by atoms with van der Waals surface area (Å²) >= 11 is 0. The quantitative estimate of drug-likeness (QED) is 0.697. The van der Waals surface area contributed by atoms with E-state index in [0.717, 1.165) is 25.2 Å². The lowest BCUT2D eigenvalue weighted by Gasteiger charge is -2.46. The molecule has 0 amide bonds. The van der Waals surface area contributed by atoms with Gasteiger partial charge < -0.3 is 5.32 Å². The van der Waals surface area contributed by atoms with Crippen LogP contribution in [0.15, 0.2) is 36.4 Å². The molecule has 2 aromatic rings. The number of hydrogen-bond acceptors (Lipinski definition) is 4. The molecule has 2 N–H and O–H groups in total. The van der Waals surface area contributed by atoms with E-state index in [2.05, 4.69) is 5.32 Å². The van der Waals surface area contributed by atoms with Crippen LogP contribution in [0.2, 0.25) is 0 Å². The number of nitrogens with zero attached hydrogens (tertiary/aromatic N) is 1. The predicted molar refractivity (Wildman–Crippen MR) is 107 cm³/mol. The van der Waals surface area contributed by atoms with Crippen molar-refractivity contribution in [3.8, 4) is 0 Å². The summed E-state index contributed by atoms with van der Waals surface area (Å²) in [7, 11) is -3.15. The molecule has 2 fully saturated rings. The topological polar surface area (TPSA) is 90.3 Å². The Labute approximate surface area is 177 Å². The molecule has 0 unspecified atom stereocenters. The molecule has 2 aromatic carbocycles. The monoisotopic (exact) mass is 451 g/mol. The zero-order chi connectivity index (χ0) is 22.7. The number of nitrogens with one attached hydrogen (secondary N) is 2. The third kappa shape index (κ3) is 3.38. The molecule has 0 bridgehead atoms. The highest BCUT2D eigenvalue weighted by Gasteiger charge is 2.53. The molecule has 31 heavy (non-hydrogen) atoms. The van der Waals surface area contributed by atoms with Gasteiger partial charge in [-0.2, -0.15) is 0 Å².